The van der Waals surface area contributed by atoms with Crippen LogP contribution in [0.3, 0.4) is 0 Å². The number of amides is 1. The van der Waals surface area contributed by atoms with Gasteiger partial charge in [0.25, 0.3) is 0 Å². The van der Waals surface area contributed by atoms with E-state index in [-0.39, 0.29) is 11.5 Å². The van der Waals surface area contributed by atoms with E-state index in [0.29, 0.717) is 38.8 Å². The number of hydrogen-bond donors (Lipinski definition) is 0. The summed E-state index contributed by atoms with van der Waals surface area (Å²) in [6.07, 6.45) is 9.09. The van der Waals surface area contributed by atoms with Gasteiger partial charge >= 0.3 is 0 Å². The third-order valence-corrected chi connectivity index (χ3v) is 10.7. The highest BCUT2D eigenvalue weighted by atomic mass is 16.5. The van der Waals surface area contributed by atoms with Crippen molar-refractivity contribution in [2.45, 2.75) is 71.4 Å². The molecule has 0 unspecified atom stereocenters. The van der Waals surface area contributed by atoms with Gasteiger partial charge in [-0.25, -0.2) is 14.6 Å². The smallest absolute Gasteiger partial charge is 0.225 e. The Labute approximate surface area is 283 Å². The standard InChI is InChI=1S/C37H48N8O3/c1-5-28-9-8-10-29(41-28)24-45-35-30(23-40-45)34(38-25-39-35)43-17-19-44(20-18-43)36(46)26-11-14-37(15-12-26)31-22-33(48-7-3)32(47-6-2)21-27(31)13-16-42(37)4/h8-10,21-23,25-26H,5-7,11-20,24H2,1-4H3/t26-,37+. The molecule has 1 aromatic carbocycles. The number of ether oxygens (including phenoxy) is 2. The number of fused-ring (bicyclic) bond motifs is 3. The van der Waals surface area contributed by atoms with E-state index in [1.54, 1.807) is 6.33 Å². The number of likely N-dealkylation sites (N-methyl/N-ethyl adjacent to an activating group) is 1. The summed E-state index contributed by atoms with van der Waals surface area (Å²) in [5, 5.41) is 5.58. The maximum absolute atomic E-state index is 13.9. The average Bonchev–Trinajstić information content (AvgIpc) is 3.53. The van der Waals surface area contributed by atoms with Gasteiger partial charge in [-0.1, -0.05) is 13.0 Å². The molecule has 0 bridgehead atoms. The van der Waals surface area contributed by atoms with E-state index < -0.39 is 0 Å². The maximum Gasteiger partial charge on any atom is 0.225 e. The minimum atomic E-state index is -0.0721. The van der Waals surface area contributed by atoms with E-state index in [4.69, 9.17) is 14.5 Å². The molecule has 0 radical (unpaired) electrons. The lowest BCUT2D eigenvalue weighted by atomic mass is 9.68. The molecule has 7 rings (SSSR count). The SMILES string of the molecule is CCOc1cc2c(cc1OCC)[C@]1(CC[C@H](C(=O)N3CCN(c4ncnc5c4cnn5Cc4cccc(CC)n4)CC3)CC1)N(C)CC2. The van der Waals surface area contributed by atoms with Crippen molar-refractivity contribution in [3.63, 3.8) is 0 Å². The Morgan fingerprint density at radius 3 is 2.40 bits per heavy atom. The molecule has 1 aliphatic carbocycles. The Morgan fingerprint density at radius 2 is 1.67 bits per heavy atom. The lowest BCUT2D eigenvalue weighted by molar-refractivity contribution is -0.138. The molecule has 11 nitrogen and oxygen atoms in total. The van der Waals surface area contributed by atoms with Crippen LogP contribution in [0.25, 0.3) is 11.0 Å². The van der Waals surface area contributed by atoms with Gasteiger partial charge in [0.2, 0.25) is 5.91 Å². The maximum atomic E-state index is 13.9. The summed E-state index contributed by atoms with van der Waals surface area (Å²) in [5.41, 5.74) is 5.47. The second-order valence-corrected chi connectivity index (χ2v) is 13.3. The van der Waals surface area contributed by atoms with Crippen molar-refractivity contribution in [1.29, 1.82) is 0 Å². The summed E-state index contributed by atoms with van der Waals surface area (Å²) >= 11 is 0. The molecule has 0 atom stereocenters. The topological polar surface area (TPSA) is 102 Å². The van der Waals surface area contributed by atoms with E-state index in [1.165, 1.54) is 11.1 Å². The average molecular weight is 653 g/mol. The van der Waals surface area contributed by atoms with Gasteiger partial charge in [0.1, 0.15) is 12.1 Å². The highest BCUT2D eigenvalue weighted by molar-refractivity contribution is 5.87. The quantitative estimate of drug-likeness (QED) is 0.251. The van der Waals surface area contributed by atoms with E-state index in [9.17, 15) is 4.79 Å². The molecule has 1 amide bonds. The van der Waals surface area contributed by atoms with Gasteiger partial charge in [-0.05, 0) is 94.8 Å². The van der Waals surface area contributed by atoms with Gasteiger partial charge in [0.15, 0.2) is 17.1 Å². The van der Waals surface area contributed by atoms with Gasteiger partial charge in [-0.3, -0.25) is 14.7 Å². The Morgan fingerprint density at radius 1 is 0.938 bits per heavy atom. The Balaban J connectivity index is 1.00. The lowest BCUT2D eigenvalue weighted by Gasteiger charge is -2.51. The van der Waals surface area contributed by atoms with Crippen LogP contribution in [0.1, 0.15) is 69.0 Å². The number of nitrogens with zero attached hydrogens (tertiary/aromatic N) is 8. The van der Waals surface area contributed by atoms with Gasteiger partial charge in [-0.2, -0.15) is 5.10 Å². The molecule has 254 valence electrons. The van der Waals surface area contributed by atoms with Crippen molar-refractivity contribution in [3.05, 3.63) is 65.4 Å². The molecule has 1 saturated carbocycles. The van der Waals surface area contributed by atoms with Gasteiger partial charge in [0, 0.05) is 49.9 Å². The van der Waals surface area contributed by atoms with Crippen molar-refractivity contribution < 1.29 is 14.3 Å². The summed E-state index contributed by atoms with van der Waals surface area (Å²) < 4.78 is 13.9. The van der Waals surface area contributed by atoms with Crippen LogP contribution in [0.2, 0.25) is 0 Å². The molecule has 2 aliphatic heterocycles. The number of carbonyl (C=O) groups is 1. The van der Waals surface area contributed by atoms with E-state index in [1.807, 2.05) is 42.9 Å². The molecule has 4 aromatic rings. The highest BCUT2D eigenvalue weighted by Gasteiger charge is 2.46. The minimum Gasteiger partial charge on any atom is -0.490 e. The van der Waals surface area contributed by atoms with Crippen molar-refractivity contribution in [2.75, 3.05) is 57.9 Å². The second kappa shape index (κ2) is 13.7. The number of benzene rings is 1. The van der Waals surface area contributed by atoms with Crippen molar-refractivity contribution in [3.8, 4) is 11.5 Å². The first-order chi connectivity index (χ1) is 23.4. The fourth-order valence-electron chi connectivity index (χ4n) is 8.09. The van der Waals surface area contributed by atoms with Crippen LogP contribution in [-0.4, -0.2) is 93.4 Å². The fourth-order valence-corrected chi connectivity index (χ4v) is 8.09. The molecular weight excluding hydrogens is 604 g/mol. The molecule has 3 aliphatic rings. The number of anilines is 1. The number of carbonyl (C=O) groups excluding carboxylic acids is 1. The van der Waals surface area contributed by atoms with Crippen molar-refractivity contribution >= 4 is 22.8 Å². The Hall–Kier alpha value is -4.25. The largest absolute Gasteiger partial charge is 0.490 e. The van der Waals surface area contributed by atoms with Crippen LogP contribution in [0.5, 0.6) is 11.5 Å². The first-order valence-electron chi connectivity index (χ1n) is 17.7. The summed E-state index contributed by atoms with van der Waals surface area (Å²) in [6, 6.07) is 10.6. The predicted molar refractivity (Wildman–Crippen MR) is 186 cm³/mol. The molecule has 3 aromatic heterocycles. The van der Waals surface area contributed by atoms with Crippen molar-refractivity contribution in [1.82, 2.24) is 34.5 Å². The summed E-state index contributed by atoms with van der Waals surface area (Å²) in [6.45, 7) is 11.8. The number of pyridine rings is 1. The van der Waals surface area contributed by atoms with Crippen LogP contribution in [0, 0.1) is 5.92 Å². The lowest BCUT2D eigenvalue weighted by Crippen LogP contribution is -2.54. The number of rotatable bonds is 9. The predicted octanol–water partition coefficient (Wildman–Crippen LogP) is 4.85. The van der Waals surface area contributed by atoms with Crippen LogP contribution in [0.4, 0.5) is 5.82 Å². The molecular formula is C37H48N8O3. The third-order valence-electron chi connectivity index (χ3n) is 10.7. The van der Waals surface area contributed by atoms with Crippen molar-refractivity contribution in [2.24, 2.45) is 5.92 Å². The Bertz CT molecular complexity index is 1760. The van der Waals surface area contributed by atoms with Gasteiger partial charge in [-0.15, -0.1) is 0 Å². The second-order valence-electron chi connectivity index (χ2n) is 13.3. The van der Waals surface area contributed by atoms with Crippen LogP contribution < -0.4 is 14.4 Å². The van der Waals surface area contributed by atoms with Crippen LogP contribution in [-0.2, 0) is 29.7 Å². The van der Waals surface area contributed by atoms with Gasteiger partial charge < -0.3 is 19.3 Å². The highest BCUT2D eigenvalue weighted by Crippen LogP contribution is 2.49. The zero-order valence-electron chi connectivity index (χ0n) is 28.8. The van der Waals surface area contributed by atoms with Crippen LogP contribution in [0.15, 0.2) is 42.9 Å². The van der Waals surface area contributed by atoms with Gasteiger partial charge in [0.05, 0.1) is 37.0 Å². The van der Waals surface area contributed by atoms with Crippen LogP contribution >= 0.6 is 0 Å². The number of aryl methyl sites for hydroxylation is 1. The summed E-state index contributed by atoms with van der Waals surface area (Å²) in [4.78, 5) is 34.8. The molecule has 48 heavy (non-hydrogen) atoms. The zero-order chi connectivity index (χ0) is 33.3. The van der Waals surface area contributed by atoms with E-state index >= 15 is 0 Å². The minimum absolute atomic E-state index is 0.0545. The summed E-state index contributed by atoms with van der Waals surface area (Å²) in [5.74, 6) is 2.90. The molecule has 5 heterocycles. The first-order valence-corrected chi connectivity index (χ1v) is 17.7. The van der Waals surface area contributed by atoms with E-state index in [0.717, 1.165) is 97.9 Å². The fraction of sp³-hybridized carbons (Fsp3) is 0.541. The zero-order valence-corrected chi connectivity index (χ0v) is 28.8. The summed E-state index contributed by atoms with van der Waals surface area (Å²) in [7, 11) is 2.25. The number of hydrogen-bond acceptors (Lipinski definition) is 9. The molecule has 2 fully saturated rings. The first kappa shape index (κ1) is 32.3. The molecule has 1 saturated heterocycles. The molecule has 1 spiro atoms. The normalized spacial score (nSPS) is 21.5. The monoisotopic (exact) mass is 652 g/mol. The Kier molecular flexibility index (Phi) is 9.22. The number of piperazine rings is 1. The number of aromatic nitrogens is 5. The molecule has 0 N–H and O–H groups in total. The third kappa shape index (κ3) is 5.97. The van der Waals surface area contributed by atoms with E-state index in [2.05, 4.69) is 55.9 Å². The molecule has 11 heteroatoms.